The summed E-state index contributed by atoms with van der Waals surface area (Å²) in [5.74, 6) is 7.05. The van der Waals surface area contributed by atoms with Crippen LogP contribution < -0.4 is 11.3 Å². The fourth-order valence-electron chi connectivity index (χ4n) is 1.72. The van der Waals surface area contributed by atoms with Crippen LogP contribution in [0.25, 0.3) is 0 Å². The average molecular weight is 169 g/mol. The van der Waals surface area contributed by atoms with Gasteiger partial charge in [-0.3, -0.25) is 4.99 Å². The molecule has 0 saturated heterocycles. The number of nitrogens with one attached hydrogen (secondary N) is 1. The highest BCUT2D eigenvalue weighted by atomic mass is 15.3. The SMILES string of the molecule is CCCN=C(NN)C1CCCC1. The number of hydrogen-bond acceptors (Lipinski definition) is 2. The summed E-state index contributed by atoms with van der Waals surface area (Å²) in [7, 11) is 0. The summed E-state index contributed by atoms with van der Waals surface area (Å²) in [6.45, 7) is 3.03. The predicted octanol–water partition coefficient (Wildman–Crippen LogP) is 1.45. The molecule has 0 aromatic heterocycles. The van der Waals surface area contributed by atoms with E-state index in [9.17, 15) is 0 Å². The Morgan fingerprint density at radius 1 is 1.50 bits per heavy atom. The predicted molar refractivity (Wildman–Crippen MR) is 51.9 cm³/mol. The molecule has 1 aliphatic rings. The molecule has 0 unspecified atom stereocenters. The third kappa shape index (κ3) is 2.48. The number of amidine groups is 1. The smallest absolute Gasteiger partial charge is 0.113 e. The first kappa shape index (κ1) is 9.52. The number of hydrazine groups is 1. The maximum atomic E-state index is 5.41. The molecule has 0 aromatic rings. The van der Waals surface area contributed by atoms with Gasteiger partial charge in [-0.05, 0) is 19.3 Å². The Bertz CT molecular complexity index is 148. The van der Waals surface area contributed by atoms with Gasteiger partial charge in [-0.1, -0.05) is 19.8 Å². The van der Waals surface area contributed by atoms with Gasteiger partial charge in [0.05, 0.1) is 0 Å². The second-order valence-corrected chi connectivity index (χ2v) is 3.39. The first-order valence-electron chi connectivity index (χ1n) is 4.89. The van der Waals surface area contributed by atoms with E-state index >= 15 is 0 Å². The van der Waals surface area contributed by atoms with E-state index in [2.05, 4.69) is 17.3 Å². The van der Waals surface area contributed by atoms with Crippen molar-refractivity contribution in [3.8, 4) is 0 Å². The molecule has 1 fully saturated rings. The van der Waals surface area contributed by atoms with Crippen LogP contribution in [0, 0.1) is 5.92 Å². The van der Waals surface area contributed by atoms with Gasteiger partial charge in [0.1, 0.15) is 5.84 Å². The molecule has 0 aromatic carbocycles. The summed E-state index contributed by atoms with van der Waals surface area (Å²) in [6.07, 6.45) is 6.27. The monoisotopic (exact) mass is 169 g/mol. The summed E-state index contributed by atoms with van der Waals surface area (Å²) >= 11 is 0. The zero-order valence-corrected chi connectivity index (χ0v) is 7.84. The Labute approximate surface area is 74.4 Å². The standard InChI is InChI=1S/C9H19N3/c1-2-7-11-9(12-10)8-5-3-4-6-8/h8H,2-7,10H2,1H3,(H,11,12). The van der Waals surface area contributed by atoms with Gasteiger partial charge in [0.15, 0.2) is 0 Å². The summed E-state index contributed by atoms with van der Waals surface area (Å²) in [4.78, 5) is 4.42. The van der Waals surface area contributed by atoms with E-state index < -0.39 is 0 Å². The van der Waals surface area contributed by atoms with Crippen molar-refractivity contribution in [2.75, 3.05) is 6.54 Å². The van der Waals surface area contributed by atoms with E-state index in [1.165, 1.54) is 25.7 Å². The first-order chi connectivity index (χ1) is 5.88. The highest BCUT2D eigenvalue weighted by molar-refractivity contribution is 5.84. The van der Waals surface area contributed by atoms with Crippen molar-refractivity contribution in [1.82, 2.24) is 5.43 Å². The van der Waals surface area contributed by atoms with Crippen LogP contribution in [0.15, 0.2) is 4.99 Å². The van der Waals surface area contributed by atoms with Crippen LogP contribution in [0.1, 0.15) is 39.0 Å². The molecule has 0 spiro atoms. The quantitative estimate of drug-likeness (QED) is 0.291. The Morgan fingerprint density at radius 2 is 2.17 bits per heavy atom. The molecular weight excluding hydrogens is 150 g/mol. The van der Waals surface area contributed by atoms with Crippen LogP contribution in [-0.2, 0) is 0 Å². The number of hydrogen-bond donors (Lipinski definition) is 2. The van der Waals surface area contributed by atoms with Crippen molar-refractivity contribution in [3.05, 3.63) is 0 Å². The molecule has 1 aliphatic carbocycles. The summed E-state index contributed by atoms with van der Waals surface area (Å²) < 4.78 is 0. The molecule has 0 heterocycles. The van der Waals surface area contributed by atoms with Crippen LogP contribution in [-0.4, -0.2) is 12.4 Å². The maximum absolute atomic E-state index is 5.41. The van der Waals surface area contributed by atoms with Crippen molar-refractivity contribution in [2.24, 2.45) is 16.8 Å². The molecule has 3 nitrogen and oxygen atoms in total. The molecule has 0 atom stereocenters. The highest BCUT2D eigenvalue weighted by Gasteiger charge is 2.19. The molecule has 1 saturated carbocycles. The van der Waals surface area contributed by atoms with E-state index in [-0.39, 0.29) is 0 Å². The van der Waals surface area contributed by atoms with E-state index in [1.807, 2.05) is 0 Å². The van der Waals surface area contributed by atoms with Gasteiger partial charge in [0.2, 0.25) is 0 Å². The number of aliphatic imine (C=N–C) groups is 1. The molecule has 0 radical (unpaired) electrons. The van der Waals surface area contributed by atoms with E-state index in [1.54, 1.807) is 0 Å². The second kappa shape index (κ2) is 5.14. The van der Waals surface area contributed by atoms with Crippen molar-refractivity contribution in [3.63, 3.8) is 0 Å². The Kier molecular flexibility index (Phi) is 4.08. The fourth-order valence-corrected chi connectivity index (χ4v) is 1.72. The van der Waals surface area contributed by atoms with Crippen molar-refractivity contribution in [2.45, 2.75) is 39.0 Å². The van der Waals surface area contributed by atoms with Gasteiger partial charge in [0.25, 0.3) is 0 Å². The van der Waals surface area contributed by atoms with Crippen LogP contribution in [0.2, 0.25) is 0 Å². The van der Waals surface area contributed by atoms with E-state index in [4.69, 9.17) is 5.84 Å². The van der Waals surface area contributed by atoms with Gasteiger partial charge >= 0.3 is 0 Å². The lowest BCUT2D eigenvalue weighted by molar-refractivity contribution is 0.686. The molecule has 1 rings (SSSR count). The molecule has 0 bridgehead atoms. The molecule has 0 amide bonds. The van der Waals surface area contributed by atoms with E-state index in [0.29, 0.717) is 5.92 Å². The molecular formula is C9H19N3. The topological polar surface area (TPSA) is 50.4 Å². The van der Waals surface area contributed by atoms with Crippen LogP contribution in [0.3, 0.4) is 0 Å². The minimum absolute atomic E-state index is 0.613. The first-order valence-corrected chi connectivity index (χ1v) is 4.89. The van der Waals surface area contributed by atoms with Crippen LogP contribution in [0.4, 0.5) is 0 Å². The third-order valence-corrected chi connectivity index (χ3v) is 2.40. The molecule has 0 aliphatic heterocycles. The fraction of sp³-hybridized carbons (Fsp3) is 0.889. The average Bonchev–Trinajstić information content (AvgIpc) is 2.59. The summed E-state index contributed by atoms with van der Waals surface area (Å²) in [5, 5.41) is 0. The zero-order chi connectivity index (χ0) is 8.81. The normalized spacial score (nSPS) is 20.0. The Hall–Kier alpha value is -0.570. The minimum atomic E-state index is 0.613. The summed E-state index contributed by atoms with van der Waals surface area (Å²) in [6, 6.07) is 0. The van der Waals surface area contributed by atoms with Gasteiger partial charge in [-0.2, -0.15) is 0 Å². The van der Waals surface area contributed by atoms with Crippen LogP contribution >= 0.6 is 0 Å². The lowest BCUT2D eigenvalue weighted by Gasteiger charge is -2.11. The highest BCUT2D eigenvalue weighted by Crippen LogP contribution is 2.25. The number of nitrogens with zero attached hydrogens (tertiary/aromatic N) is 1. The van der Waals surface area contributed by atoms with Crippen molar-refractivity contribution >= 4 is 5.84 Å². The number of nitrogens with two attached hydrogens (primary N) is 1. The second-order valence-electron chi connectivity index (χ2n) is 3.39. The van der Waals surface area contributed by atoms with Crippen LogP contribution in [0.5, 0.6) is 0 Å². The summed E-state index contributed by atoms with van der Waals surface area (Å²) in [5.41, 5.74) is 2.73. The largest absolute Gasteiger partial charge is 0.312 e. The molecule has 70 valence electrons. The van der Waals surface area contributed by atoms with Crippen molar-refractivity contribution < 1.29 is 0 Å². The van der Waals surface area contributed by atoms with Crippen molar-refractivity contribution in [1.29, 1.82) is 0 Å². The van der Waals surface area contributed by atoms with E-state index in [0.717, 1.165) is 18.8 Å². The van der Waals surface area contributed by atoms with Gasteiger partial charge in [-0.15, -0.1) is 0 Å². The van der Waals surface area contributed by atoms with Gasteiger partial charge < -0.3 is 5.43 Å². The Balaban J connectivity index is 2.42. The third-order valence-electron chi connectivity index (χ3n) is 2.40. The van der Waals surface area contributed by atoms with Gasteiger partial charge in [0, 0.05) is 12.5 Å². The van der Waals surface area contributed by atoms with Gasteiger partial charge in [-0.25, -0.2) is 5.84 Å². The lowest BCUT2D eigenvalue weighted by atomic mass is 10.1. The molecule has 3 heteroatoms. The molecule has 3 N–H and O–H groups in total. The number of rotatable bonds is 3. The zero-order valence-electron chi connectivity index (χ0n) is 7.84. The Morgan fingerprint density at radius 3 is 2.67 bits per heavy atom. The lowest BCUT2D eigenvalue weighted by Crippen LogP contribution is -2.35. The maximum Gasteiger partial charge on any atom is 0.113 e. The molecule has 12 heavy (non-hydrogen) atoms. The minimum Gasteiger partial charge on any atom is -0.312 e.